The zero-order valence-corrected chi connectivity index (χ0v) is 12.8. The first-order valence-electron chi connectivity index (χ1n) is 6.60. The van der Waals surface area contributed by atoms with E-state index in [1.807, 2.05) is 0 Å². The van der Waals surface area contributed by atoms with Crippen LogP contribution in [0.2, 0.25) is 0 Å². The van der Waals surface area contributed by atoms with E-state index in [0.717, 1.165) is 41.9 Å². The van der Waals surface area contributed by atoms with Crippen LogP contribution >= 0.6 is 15.9 Å². The van der Waals surface area contributed by atoms with E-state index >= 15 is 0 Å². The molecule has 0 unspecified atom stereocenters. The van der Waals surface area contributed by atoms with Crippen molar-refractivity contribution in [2.45, 2.75) is 32.7 Å². The highest BCUT2D eigenvalue weighted by Gasteiger charge is 2.31. The first kappa shape index (κ1) is 15.6. The SMILES string of the molecule is CC1CCN(Cc2cc(OC(F)(F)F)ccc2Br)CC1. The minimum Gasteiger partial charge on any atom is -0.406 e. The number of ether oxygens (including phenoxy) is 1. The fourth-order valence-electron chi connectivity index (χ4n) is 2.33. The average molecular weight is 352 g/mol. The van der Waals surface area contributed by atoms with Crippen LogP contribution in [-0.4, -0.2) is 24.4 Å². The predicted molar refractivity (Wildman–Crippen MR) is 74.5 cm³/mol. The average Bonchev–Trinajstić information content (AvgIpc) is 2.34. The van der Waals surface area contributed by atoms with Gasteiger partial charge in [-0.05, 0) is 55.6 Å². The normalized spacial score (nSPS) is 18.2. The lowest BCUT2D eigenvalue weighted by atomic mass is 9.99. The molecule has 2 rings (SSSR count). The number of hydrogen-bond donors (Lipinski definition) is 0. The number of nitrogens with zero attached hydrogens (tertiary/aromatic N) is 1. The smallest absolute Gasteiger partial charge is 0.406 e. The van der Waals surface area contributed by atoms with E-state index in [9.17, 15) is 13.2 Å². The molecule has 1 saturated heterocycles. The Labute approximate surface area is 125 Å². The van der Waals surface area contributed by atoms with Gasteiger partial charge in [-0.15, -0.1) is 13.2 Å². The van der Waals surface area contributed by atoms with Crippen molar-refractivity contribution in [3.05, 3.63) is 28.2 Å². The third kappa shape index (κ3) is 4.66. The molecule has 1 heterocycles. The molecule has 1 aromatic rings. The van der Waals surface area contributed by atoms with Crippen LogP contribution in [0.4, 0.5) is 13.2 Å². The van der Waals surface area contributed by atoms with Gasteiger partial charge >= 0.3 is 6.36 Å². The van der Waals surface area contributed by atoms with Crippen molar-refractivity contribution < 1.29 is 17.9 Å². The van der Waals surface area contributed by atoms with Gasteiger partial charge in [0.05, 0.1) is 0 Å². The number of benzene rings is 1. The first-order chi connectivity index (χ1) is 9.33. The molecule has 0 saturated carbocycles. The van der Waals surface area contributed by atoms with E-state index < -0.39 is 6.36 Å². The molecule has 0 aliphatic carbocycles. The predicted octanol–water partition coefficient (Wildman–Crippen LogP) is 4.58. The molecule has 1 fully saturated rings. The van der Waals surface area contributed by atoms with Gasteiger partial charge in [-0.2, -0.15) is 0 Å². The number of alkyl halides is 3. The van der Waals surface area contributed by atoms with E-state index in [1.54, 1.807) is 6.07 Å². The molecule has 0 spiro atoms. The largest absolute Gasteiger partial charge is 0.573 e. The van der Waals surface area contributed by atoms with E-state index in [-0.39, 0.29) is 5.75 Å². The lowest BCUT2D eigenvalue weighted by Gasteiger charge is -2.30. The number of hydrogen-bond acceptors (Lipinski definition) is 2. The van der Waals surface area contributed by atoms with Gasteiger partial charge in [0.15, 0.2) is 0 Å². The second-order valence-corrected chi connectivity index (χ2v) is 6.11. The molecular formula is C14H17BrF3NO. The third-order valence-electron chi connectivity index (χ3n) is 3.52. The standard InChI is InChI=1S/C14H17BrF3NO/c1-10-4-6-19(7-5-10)9-11-8-12(2-3-13(11)15)20-14(16,17)18/h2-3,8,10H,4-7,9H2,1H3. The van der Waals surface area contributed by atoms with Gasteiger partial charge in [0.25, 0.3) is 0 Å². The van der Waals surface area contributed by atoms with Gasteiger partial charge in [-0.3, -0.25) is 4.90 Å². The maximum Gasteiger partial charge on any atom is 0.573 e. The van der Waals surface area contributed by atoms with Gasteiger partial charge in [0.2, 0.25) is 0 Å². The Morgan fingerprint density at radius 2 is 1.95 bits per heavy atom. The van der Waals surface area contributed by atoms with Crippen LogP contribution in [0.1, 0.15) is 25.3 Å². The van der Waals surface area contributed by atoms with Crippen molar-refractivity contribution >= 4 is 15.9 Å². The fourth-order valence-corrected chi connectivity index (χ4v) is 2.70. The molecule has 0 atom stereocenters. The van der Waals surface area contributed by atoms with Gasteiger partial charge in [0.1, 0.15) is 5.75 Å². The lowest BCUT2D eigenvalue weighted by molar-refractivity contribution is -0.274. The molecule has 112 valence electrons. The molecule has 2 nitrogen and oxygen atoms in total. The van der Waals surface area contributed by atoms with Crippen molar-refractivity contribution in [3.8, 4) is 5.75 Å². The highest BCUT2D eigenvalue weighted by atomic mass is 79.9. The van der Waals surface area contributed by atoms with Crippen molar-refractivity contribution in [2.75, 3.05) is 13.1 Å². The van der Waals surface area contributed by atoms with Crippen molar-refractivity contribution in [3.63, 3.8) is 0 Å². The molecule has 0 bridgehead atoms. The number of piperidine rings is 1. The summed E-state index contributed by atoms with van der Waals surface area (Å²) in [5.74, 6) is 0.565. The summed E-state index contributed by atoms with van der Waals surface area (Å²) < 4.78 is 41.5. The Morgan fingerprint density at radius 1 is 1.30 bits per heavy atom. The van der Waals surface area contributed by atoms with Gasteiger partial charge in [-0.1, -0.05) is 22.9 Å². The number of likely N-dealkylation sites (tertiary alicyclic amines) is 1. The monoisotopic (exact) mass is 351 g/mol. The summed E-state index contributed by atoms with van der Waals surface area (Å²) in [5, 5.41) is 0. The van der Waals surface area contributed by atoms with Crippen molar-refractivity contribution in [2.24, 2.45) is 5.92 Å². The molecule has 0 radical (unpaired) electrons. The summed E-state index contributed by atoms with van der Waals surface area (Å²) >= 11 is 3.39. The molecule has 1 aliphatic rings. The Morgan fingerprint density at radius 3 is 2.55 bits per heavy atom. The van der Waals surface area contributed by atoms with E-state index in [4.69, 9.17) is 0 Å². The molecule has 1 aliphatic heterocycles. The van der Waals surface area contributed by atoms with E-state index in [2.05, 4.69) is 32.5 Å². The number of halogens is 4. The molecule has 1 aromatic carbocycles. The van der Waals surface area contributed by atoms with Crippen LogP contribution < -0.4 is 4.74 Å². The zero-order chi connectivity index (χ0) is 14.8. The topological polar surface area (TPSA) is 12.5 Å². The zero-order valence-electron chi connectivity index (χ0n) is 11.2. The van der Waals surface area contributed by atoms with E-state index in [1.165, 1.54) is 12.1 Å². The molecular weight excluding hydrogens is 335 g/mol. The minimum atomic E-state index is -4.65. The molecule has 6 heteroatoms. The summed E-state index contributed by atoms with van der Waals surface area (Å²) in [6.45, 7) is 4.84. The lowest BCUT2D eigenvalue weighted by Crippen LogP contribution is -2.32. The summed E-state index contributed by atoms with van der Waals surface area (Å²) in [4.78, 5) is 2.26. The van der Waals surface area contributed by atoms with Gasteiger partial charge in [-0.25, -0.2) is 0 Å². The van der Waals surface area contributed by atoms with Crippen LogP contribution in [-0.2, 0) is 6.54 Å². The highest BCUT2D eigenvalue weighted by molar-refractivity contribution is 9.10. The molecule has 0 aromatic heterocycles. The summed E-state index contributed by atoms with van der Waals surface area (Å²) in [6.07, 6.45) is -2.38. The van der Waals surface area contributed by atoms with E-state index in [0.29, 0.717) is 6.54 Å². The van der Waals surface area contributed by atoms with Crippen LogP contribution in [0.5, 0.6) is 5.75 Å². The Balaban J connectivity index is 2.05. The maximum absolute atomic E-state index is 12.2. The quantitative estimate of drug-likeness (QED) is 0.790. The van der Waals surface area contributed by atoms with Crippen LogP contribution in [0, 0.1) is 5.92 Å². The van der Waals surface area contributed by atoms with Crippen LogP contribution in [0.15, 0.2) is 22.7 Å². The van der Waals surface area contributed by atoms with Gasteiger partial charge in [0, 0.05) is 11.0 Å². The maximum atomic E-state index is 12.2. The number of rotatable bonds is 3. The Bertz CT molecular complexity index is 456. The molecule has 0 amide bonds. The third-order valence-corrected chi connectivity index (χ3v) is 4.29. The minimum absolute atomic E-state index is 0.166. The molecule has 0 N–H and O–H groups in total. The summed E-state index contributed by atoms with van der Waals surface area (Å²) in [5.41, 5.74) is 0.821. The Hall–Kier alpha value is -0.750. The van der Waals surface area contributed by atoms with Crippen molar-refractivity contribution in [1.82, 2.24) is 4.90 Å². The summed E-state index contributed by atoms with van der Waals surface area (Å²) in [6, 6.07) is 4.37. The highest BCUT2D eigenvalue weighted by Crippen LogP contribution is 2.29. The first-order valence-corrected chi connectivity index (χ1v) is 7.39. The van der Waals surface area contributed by atoms with Crippen LogP contribution in [0.3, 0.4) is 0 Å². The second kappa shape index (κ2) is 6.35. The van der Waals surface area contributed by atoms with Crippen LogP contribution in [0.25, 0.3) is 0 Å². The Kier molecular flexibility index (Phi) is 4.96. The summed E-state index contributed by atoms with van der Waals surface area (Å²) in [7, 11) is 0. The molecule has 20 heavy (non-hydrogen) atoms. The van der Waals surface area contributed by atoms with Crippen molar-refractivity contribution in [1.29, 1.82) is 0 Å². The second-order valence-electron chi connectivity index (χ2n) is 5.26. The van der Waals surface area contributed by atoms with Gasteiger partial charge < -0.3 is 4.74 Å². The fraction of sp³-hybridized carbons (Fsp3) is 0.571.